The normalized spacial score (nSPS) is 14.5. The van der Waals surface area contributed by atoms with Gasteiger partial charge in [0.2, 0.25) is 0 Å². The first kappa shape index (κ1) is 9.13. The first-order valence-electron chi connectivity index (χ1n) is 2.61. The molecular formula is C5H9F3N2. The van der Waals surface area contributed by atoms with Gasteiger partial charge in [0.25, 0.3) is 0 Å². The van der Waals surface area contributed by atoms with E-state index in [4.69, 9.17) is 5.73 Å². The summed E-state index contributed by atoms with van der Waals surface area (Å²) in [6.45, 7) is 1.27. The topological polar surface area (TPSA) is 38.0 Å². The molecule has 2 nitrogen and oxygen atoms in total. The molecule has 0 aliphatic carbocycles. The molecule has 0 unspecified atom stereocenters. The molecule has 0 saturated heterocycles. The van der Waals surface area contributed by atoms with Crippen molar-refractivity contribution in [3.05, 3.63) is 11.4 Å². The van der Waals surface area contributed by atoms with Crippen molar-refractivity contribution < 1.29 is 13.2 Å². The largest absolute Gasteiger partial charge is 0.432 e. The Labute approximate surface area is 56.9 Å². The van der Waals surface area contributed by atoms with E-state index in [0.717, 1.165) is 0 Å². The van der Waals surface area contributed by atoms with Gasteiger partial charge in [-0.2, -0.15) is 13.2 Å². The Bertz CT molecular complexity index is 147. The van der Waals surface area contributed by atoms with E-state index in [9.17, 15) is 13.2 Å². The fourth-order valence-electron chi connectivity index (χ4n) is 0.347. The van der Waals surface area contributed by atoms with Crippen molar-refractivity contribution in [2.24, 2.45) is 5.73 Å². The molecular weight excluding hydrogens is 145 g/mol. The number of nitrogens with two attached hydrogens (primary N) is 1. The lowest BCUT2D eigenvalue weighted by Gasteiger charge is -2.09. The van der Waals surface area contributed by atoms with Crippen LogP contribution >= 0.6 is 0 Å². The van der Waals surface area contributed by atoms with Crippen molar-refractivity contribution >= 4 is 0 Å². The molecule has 5 heteroatoms. The average molecular weight is 154 g/mol. The number of allylic oxidation sites excluding steroid dienone is 2. The summed E-state index contributed by atoms with van der Waals surface area (Å²) in [7, 11) is 1.38. The van der Waals surface area contributed by atoms with Crippen LogP contribution in [0.3, 0.4) is 0 Å². The molecule has 0 atom stereocenters. The third-order valence-corrected chi connectivity index (χ3v) is 1.08. The molecule has 0 radical (unpaired) electrons. The molecule has 0 heterocycles. The monoisotopic (exact) mass is 154 g/mol. The molecule has 0 spiro atoms. The lowest BCUT2D eigenvalue weighted by molar-refractivity contribution is -0.0937. The molecule has 0 aromatic carbocycles. The molecule has 0 aromatic heterocycles. The average Bonchev–Trinajstić information content (AvgIpc) is 1.83. The Morgan fingerprint density at radius 2 is 1.80 bits per heavy atom. The van der Waals surface area contributed by atoms with Crippen LogP contribution in [0.25, 0.3) is 0 Å². The summed E-state index contributed by atoms with van der Waals surface area (Å²) < 4.78 is 35.0. The third-order valence-electron chi connectivity index (χ3n) is 1.08. The standard InChI is InChI=1S/C5H9F3N2/c1-3(10-2)4(9)5(6,7)8/h10H,9H2,1-2H3/b4-3-. The summed E-state index contributed by atoms with van der Waals surface area (Å²) in [6, 6.07) is 0. The van der Waals surface area contributed by atoms with Crippen molar-refractivity contribution in [3.8, 4) is 0 Å². The summed E-state index contributed by atoms with van der Waals surface area (Å²) in [6.07, 6.45) is -4.42. The van der Waals surface area contributed by atoms with Crippen LogP contribution in [-0.4, -0.2) is 13.2 Å². The second kappa shape index (κ2) is 2.81. The zero-order chi connectivity index (χ0) is 8.36. The first-order valence-corrected chi connectivity index (χ1v) is 2.61. The summed E-state index contributed by atoms with van der Waals surface area (Å²) in [5, 5.41) is 2.31. The molecule has 10 heavy (non-hydrogen) atoms. The molecule has 0 aliphatic rings. The van der Waals surface area contributed by atoms with E-state index in [1.54, 1.807) is 0 Å². The Kier molecular flexibility index (Phi) is 2.56. The van der Waals surface area contributed by atoms with E-state index in [-0.39, 0.29) is 5.70 Å². The second-order valence-corrected chi connectivity index (χ2v) is 1.79. The van der Waals surface area contributed by atoms with Crippen LogP contribution in [0.15, 0.2) is 11.4 Å². The van der Waals surface area contributed by atoms with Gasteiger partial charge in [-0.3, -0.25) is 0 Å². The predicted molar refractivity (Wildman–Crippen MR) is 32.0 cm³/mol. The number of hydrogen-bond donors (Lipinski definition) is 2. The zero-order valence-electron chi connectivity index (χ0n) is 5.71. The Hall–Kier alpha value is -0.870. The third kappa shape index (κ3) is 2.16. The van der Waals surface area contributed by atoms with Crippen LogP contribution in [0.5, 0.6) is 0 Å². The summed E-state index contributed by atoms with van der Waals surface area (Å²) in [5.41, 5.74) is 3.56. The fourth-order valence-corrected chi connectivity index (χ4v) is 0.347. The van der Waals surface area contributed by atoms with E-state index in [2.05, 4.69) is 5.32 Å². The van der Waals surface area contributed by atoms with Gasteiger partial charge < -0.3 is 11.1 Å². The molecule has 0 fully saturated rings. The van der Waals surface area contributed by atoms with Crippen LogP contribution in [0, 0.1) is 0 Å². The molecule has 0 bridgehead atoms. The maximum atomic E-state index is 11.7. The van der Waals surface area contributed by atoms with Gasteiger partial charge in [0.15, 0.2) is 0 Å². The van der Waals surface area contributed by atoms with Gasteiger partial charge >= 0.3 is 6.18 Å². The van der Waals surface area contributed by atoms with Gasteiger partial charge in [0.1, 0.15) is 5.70 Å². The molecule has 3 N–H and O–H groups in total. The number of rotatable bonds is 1. The van der Waals surface area contributed by atoms with Gasteiger partial charge in [0.05, 0.1) is 0 Å². The predicted octanol–water partition coefficient (Wildman–Crippen LogP) is 0.958. The van der Waals surface area contributed by atoms with Crippen molar-refractivity contribution in [1.82, 2.24) is 5.32 Å². The number of alkyl halides is 3. The van der Waals surface area contributed by atoms with E-state index >= 15 is 0 Å². The zero-order valence-corrected chi connectivity index (χ0v) is 5.71. The summed E-state index contributed by atoms with van der Waals surface area (Å²) >= 11 is 0. The van der Waals surface area contributed by atoms with Crippen LogP contribution < -0.4 is 11.1 Å². The maximum absolute atomic E-state index is 11.7. The van der Waals surface area contributed by atoms with E-state index in [1.807, 2.05) is 0 Å². The van der Waals surface area contributed by atoms with Crippen molar-refractivity contribution in [2.45, 2.75) is 13.1 Å². The van der Waals surface area contributed by atoms with Gasteiger partial charge in [-0.15, -0.1) is 0 Å². The Morgan fingerprint density at radius 1 is 1.40 bits per heavy atom. The quantitative estimate of drug-likeness (QED) is 0.590. The minimum Gasteiger partial charge on any atom is -0.393 e. The highest BCUT2D eigenvalue weighted by molar-refractivity contribution is 5.11. The van der Waals surface area contributed by atoms with Crippen LogP contribution in [0.2, 0.25) is 0 Å². The lowest BCUT2D eigenvalue weighted by atomic mass is 10.3. The van der Waals surface area contributed by atoms with Crippen LogP contribution in [0.1, 0.15) is 6.92 Å². The molecule has 0 aliphatic heterocycles. The van der Waals surface area contributed by atoms with E-state index in [0.29, 0.717) is 0 Å². The fraction of sp³-hybridized carbons (Fsp3) is 0.600. The molecule has 0 aromatic rings. The van der Waals surface area contributed by atoms with Gasteiger partial charge in [-0.1, -0.05) is 0 Å². The highest BCUT2D eigenvalue weighted by Crippen LogP contribution is 2.22. The summed E-state index contributed by atoms with van der Waals surface area (Å²) in [4.78, 5) is 0. The molecule has 60 valence electrons. The van der Waals surface area contributed by atoms with Crippen LogP contribution in [-0.2, 0) is 0 Å². The number of halogens is 3. The molecule has 0 rings (SSSR count). The van der Waals surface area contributed by atoms with Crippen molar-refractivity contribution in [1.29, 1.82) is 0 Å². The lowest BCUT2D eigenvalue weighted by Crippen LogP contribution is -2.24. The Balaban J connectivity index is 4.47. The number of nitrogens with one attached hydrogen (secondary N) is 1. The van der Waals surface area contributed by atoms with E-state index < -0.39 is 11.9 Å². The molecule has 0 amide bonds. The maximum Gasteiger partial charge on any atom is 0.432 e. The highest BCUT2D eigenvalue weighted by atomic mass is 19.4. The molecule has 0 saturated carbocycles. The van der Waals surface area contributed by atoms with Gasteiger partial charge in [-0.05, 0) is 6.92 Å². The minimum atomic E-state index is -4.42. The second-order valence-electron chi connectivity index (χ2n) is 1.79. The SMILES string of the molecule is CN/C(C)=C(\N)C(F)(F)F. The summed E-state index contributed by atoms with van der Waals surface area (Å²) in [5.74, 6) is 0. The van der Waals surface area contributed by atoms with Gasteiger partial charge in [-0.25, -0.2) is 0 Å². The van der Waals surface area contributed by atoms with E-state index in [1.165, 1.54) is 14.0 Å². The first-order chi connectivity index (χ1) is 4.39. The van der Waals surface area contributed by atoms with Crippen molar-refractivity contribution in [3.63, 3.8) is 0 Å². The Morgan fingerprint density at radius 3 is 1.90 bits per heavy atom. The number of hydrogen-bond acceptors (Lipinski definition) is 2. The highest BCUT2D eigenvalue weighted by Gasteiger charge is 2.32. The van der Waals surface area contributed by atoms with Crippen molar-refractivity contribution in [2.75, 3.05) is 7.05 Å². The minimum absolute atomic E-state index is 0.0625. The van der Waals surface area contributed by atoms with Crippen LogP contribution in [0.4, 0.5) is 13.2 Å². The van der Waals surface area contributed by atoms with Gasteiger partial charge in [0, 0.05) is 12.7 Å². The smallest absolute Gasteiger partial charge is 0.393 e.